The van der Waals surface area contributed by atoms with Crippen molar-refractivity contribution in [1.29, 1.82) is 10.8 Å². The van der Waals surface area contributed by atoms with E-state index in [0.29, 0.717) is 33.2 Å². The number of rotatable bonds is 30. The first-order valence-corrected chi connectivity index (χ1v) is 48.0. The number of aliphatic hydroxyl groups excluding tert-OH is 1. The molecule has 7 rings (SSSR count). The number of guanidine groups is 1. The van der Waals surface area contributed by atoms with Crippen LogP contribution in [0.1, 0.15) is 142 Å². The third-order valence-electron chi connectivity index (χ3n) is 23.6. The normalized spacial score (nSPS) is 22.7. The van der Waals surface area contributed by atoms with Gasteiger partial charge in [-0.2, -0.15) is 0 Å². The molecule has 0 aliphatic carbocycles. The molecule has 0 radical (unpaired) electrons. The van der Waals surface area contributed by atoms with Gasteiger partial charge < -0.3 is 122 Å². The number of hydrogen-bond donors (Lipinski definition) is 23. The molecule has 16 amide bonds. The Balaban J connectivity index is 1.36. The number of amides is 16. The predicted molar refractivity (Wildman–Crippen MR) is 528 cm³/mol. The summed E-state index contributed by atoms with van der Waals surface area (Å²) in [6, 6.07) is 14.4. The number of nitrogens with one attached hydrogen (secondary N) is 17. The van der Waals surface area contributed by atoms with E-state index >= 15 is 43.2 Å². The van der Waals surface area contributed by atoms with Crippen molar-refractivity contribution < 1.29 is 96.8 Å². The zero-order valence-electron chi connectivity index (χ0n) is 81.2. The molecule has 0 saturated carbocycles. The maximum absolute atomic E-state index is 15.6. The van der Waals surface area contributed by atoms with Gasteiger partial charge in [-0.05, 0) is 121 Å². The third kappa shape index (κ3) is 36.6. The number of carbonyl (C=O) groups is 17. The summed E-state index contributed by atoms with van der Waals surface area (Å²) in [6.45, 7) is 12.6. The molecule has 1 aromatic heterocycles. The quantitative estimate of drug-likeness (QED) is 0.0164. The van der Waals surface area contributed by atoms with Crippen LogP contribution in [0.15, 0.2) is 140 Å². The summed E-state index contributed by atoms with van der Waals surface area (Å²) in [5, 5.41) is 84.6. The van der Waals surface area contributed by atoms with Crippen LogP contribution in [0.5, 0.6) is 5.75 Å². The van der Waals surface area contributed by atoms with Crippen molar-refractivity contribution in [2.75, 3.05) is 45.3 Å². The number of nitrogens with zero attached hydrogens (tertiary/aromatic N) is 2. The lowest BCUT2D eigenvalue weighted by Gasteiger charge is -2.35. The van der Waals surface area contributed by atoms with Gasteiger partial charge in [-0.15, -0.1) is 11.8 Å². The van der Waals surface area contributed by atoms with Crippen LogP contribution in [0.4, 0.5) is 0 Å². The van der Waals surface area contributed by atoms with Gasteiger partial charge in [0.2, 0.25) is 94.5 Å². The Morgan fingerprint density at radius 3 is 1.48 bits per heavy atom. The Kier molecular flexibility index (Phi) is 45.0. The van der Waals surface area contributed by atoms with Gasteiger partial charge in [-0.3, -0.25) is 92.3 Å². The lowest BCUT2D eigenvalue weighted by molar-refractivity contribution is -0.148. The highest BCUT2D eigenvalue weighted by atomic mass is 32.2. The molecule has 43 heteroatoms. The molecule has 42 nitrogen and oxygen atoms in total. The van der Waals surface area contributed by atoms with Crippen LogP contribution in [0, 0.1) is 34.5 Å². The van der Waals surface area contributed by atoms with Crippen LogP contribution in [-0.4, -0.2) is 272 Å². The molecule has 14 atom stereocenters. The first-order chi connectivity index (χ1) is 66.8. The topological polar surface area (TPSA) is 667 Å². The van der Waals surface area contributed by atoms with E-state index in [1.165, 1.54) is 59.1 Å². The number of nitrogens with two attached hydrogens (primary N) is 3. The first kappa shape index (κ1) is 113. The van der Waals surface area contributed by atoms with Crippen molar-refractivity contribution in [3.63, 3.8) is 0 Å². The van der Waals surface area contributed by atoms with Gasteiger partial charge in [0.1, 0.15) is 90.3 Å². The van der Waals surface area contributed by atoms with E-state index in [0.717, 1.165) is 32.7 Å². The highest BCUT2D eigenvalue weighted by molar-refractivity contribution is 8.00. The number of aromatic hydroxyl groups is 1. The highest BCUT2D eigenvalue weighted by Gasteiger charge is 2.42. The number of fused-ring (bicyclic) bond motifs is 1. The van der Waals surface area contributed by atoms with Crippen LogP contribution >= 0.6 is 11.8 Å². The number of aromatic nitrogens is 1. The van der Waals surface area contributed by atoms with Crippen molar-refractivity contribution in [2.45, 2.75) is 230 Å². The van der Waals surface area contributed by atoms with Gasteiger partial charge in [0, 0.05) is 75.6 Å². The maximum atomic E-state index is 15.6. The molecule has 6 aromatic rings. The van der Waals surface area contributed by atoms with E-state index in [4.69, 9.17) is 28.0 Å². The minimum atomic E-state index is -2.06. The number of H-pyrrole nitrogens is 1. The molecular weight excluding hydrogens is 1840 g/mol. The molecule has 141 heavy (non-hydrogen) atoms. The van der Waals surface area contributed by atoms with Crippen molar-refractivity contribution in [3.05, 3.63) is 162 Å². The summed E-state index contributed by atoms with van der Waals surface area (Å²) in [4.78, 5) is 255. The van der Waals surface area contributed by atoms with E-state index < -0.39 is 240 Å². The predicted octanol–water partition coefficient (Wildman–Crippen LogP) is 0.282. The summed E-state index contributed by atoms with van der Waals surface area (Å²) in [5.74, 6) is -21.8. The Morgan fingerprint density at radius 2 is 0.922 bits per heavy atom. The average Bonchev–Trinajstić information content (AvgIpc) is 1.80. The Hall–Kier alpha value is -14.5. The molecule has 1 aliphatic heterocycles. The monoisotopic (exact) mass is 1970 g/mol. The van der Waals surface area contributed by atoms with Gasteiger partial charge >= 0.3 is 5.97 Å². The SMILES string of the molecule is CC(C)C[C@@H]1NC(=O)CSC[C@@H](C(=O)NCC(N)=O)NC(=O)[C@H](CO)NC(=O)[C@H](C(C)C)NC(=O)[C@H](CC(C)C)NC(=O)[C@H](CCCNC(=N)N)NC(=O)[C@H](Cc2ccccc2)N(C)C(=O)[C@H](C)N(C)C(=O)[C@H](CCCCC(=N)N)NC(=O)[C@H](Cc2ccc(-c3ccccc3)cc2)NC(=O)[C@H](C(C)C)NC(=O)[C@H](Cc2c[nH]c3ccccc23)NC(=O)[C@H](CC(=O)O)NC(=O)[C@H](Cc2ccc(O)cc2)NC1=O. The summed E-state index contributed by atoms with van der Waals surface area (Å²) < 4.78 is 0. The molecule has 0 spiro atoms. The fourth-order valence-corrected chi connectivity index (χ4v) is 16.6. The number of carbonyl (C=O) groups excluding carboxylic acids is 16. The third-order valence-corrected chi connectivity index (χ3v) is 24.6. The van der Waals surface area contributed by atoms with E-state index in [1.807, 2.05) is 30.3 Å². The molecule has 0 bridgehead atoms. The van der Waals surface area contributed by atoms with Crippen molar-refractivity contribution >= 4 is 135 Å². The molecular formula is C98H136N22O20S. The number of carboxylic acid groups (broad SMARTS) is 1. The number of thioether (sulfide) groups is 1. The first-order valence-electron chi connectivity index (χ1n) is 46.9. The number of amidine groups is 1. The Morgan fingerprint density at radius 1 is 0.468 bits per heavy atom. The molecule has 1 fully saturated rings. The standard InChI is InChI=1S/C98H136N22O20S/c1-53(2)41-69-86(129)111-71(44-60-34-38-64(122)39-35-60)88(131)113-74(47-81(125)126)89(132)112-73(46-63-48-105-66-28-19-18-27-65(63)66)91(134)118-82(55(5)6)94(137)114-72(43-59-32-36-62(37-33-59)61-25-16-13-17-26-61)87(130)109-68(29-20-21-31-78(99)100)97(140)119(10)57(9)96(139)120(11)77(45-58-23-14-12-15-24-58)93(136)108-67(30-22-40-104-98(102)103)85(128)110-70(42-54(3)4)90(133)117-83(56(7)8)95(138)115-75(50-121)92(135)116-76(51-141-52-80(124)107-69)84(127)106-49-79(101)123/h12-19,23-28,32-39,48,53-57,67-77,82-83,105,121-122H,20-22,29-31,40-47,49-52H2,1-11H3,(H3,99,100)(H2,101,123)(H,106,127)(H,107,124)(H,108,136)(H,109,130)(H,110,128)(H,111,129)(H,112,132)(H,113,131)(H,114,137)(H,115,138)(H,116,135)(H,117,133)(H,118,134)(H,125,126)(H4,102,103,104)/t57-,67-,68-,69-,70-,71-,72-,73-,74-,75-,76-,77-,82-,83-/m0/s1. The number of phenols is 1. The number of unbranched alkanes of at least 4 members (excludes halogenated alkanes) is 1. The molecule has 1 aliphatic rings. The van der Waals surface area contributed by atoms with Crippen LogP contribution in [0.2, 0.25) is 0 Å². The number of hydrogen-bond acceptors (Lipinski definition) is 22. The second-order valence-corrected chi connectivity index (χ2v) is 37.6. The van der Waals surface area contributed by atoms with Gasteiger partial charge in [0.15, 0.2) is 5.96 Å². The molecule has 5 aromatic carbocycles. The molecule has 0 unspecified atom stereocenters. The zero-order chi connectivity index (χ0) is 104. The van der Waals surface area contributed by atoms with E-state index in [1.54, 1.807) is 127 Å². The van der Waals surface area contributed by atoms with Crippen LogP contribution in [0.3, 0.4) is 0 Å². The summed E-state index contributed by atoms with van der Waals surface area (Å²) in [5.41, 5.74) is 20.8. The molecule has 764 valence electrons. The average molecular weight is 1970 g/mol. The lowest BCUT2D eigenvalue weighted by Crippen LogP contribution is -2.62. The van der Waals surface area contributed by atoms with Gasteiger partial charge in [0.25, 0.3) is 0 Å². The van der Waals surface area contributed by atoms with Gasteiger partial charge in [-0.1, -0.05) is 177 Å². The molecule has 2 heterocycles. The number of benzene rings is 5. The minimum Gasteiger partial charge on any atom is -0.508 e. The van der Waals surface area contributed by atoms with E-state index in [2.05, 4.69) is 79.4 Å². The highest BCUT2D eigenvalue weighted by Crippen LogP contribution is 2.25. The Bertz CT molecular complexity index is 5340. The number of phenolic OH excluding ortho intramolecular Hbond substituents is 1. The number of aliphatic carboxylic acids is 1. The Labute approximate surface area is 822 Å². The van der Waals surface area contributed by atoms with Crippen LogP contribution < -0.4 is 91.6 Å². The number of para-hydroxylation sites is 1. The molecule has 26 N–H and O–H groups in total. The lowest BCUT2D eigenvalue weighted by atomic mass is 9.97. The largest absolute Gasteiger partial charge is 0.508 e. The number of primary amides is 1. The van der Waals surface area contributed by atoms with Crippen molar-refractivity contribution in [2.24, 2.45) is 40.9 Å². The number of carboxylic acids is 1. The molecule has 1 saturated heterocycles. The fraction of sp³-hybridized carbons (Fsp3) is 0.480. The number of aliphatic hydroxyl groups is 1. The van der Waals surface area contributed by atoms with Crippen molar-refractivity contribution in [3.8, 4) is 16.9 Å². The van der Waals surface area contributed by atoms with Gasteiger partial charge in [-0.25, -0.2) is 0 Å². The van der Waals surface area contributed by atoms with E-state index in [9.17, 15) is 53.7 Å². The van der Waals surface area contributed by atoms with E-state index in [-0.39, 0.29) is 101 Å². The summed E-state index contributed by atoms with van der Waals surface area (Å²) >= 11 is 0.719. The smallest absolute Gasteiger partial charge is 0.305 e. The van der Waals surface area contributed by atoms with Gasteiger partial charge in [0.05, 0.1) is 31.2 Å². The zero-order valence-corrected chi connectivity index (χ0v) is 82.0. The summed E-state index contributed by atoms with van der Waals surface area (Å²) in [6.07, 6.45) is -0.868. The summed E-state index contributed by atoms with van der Waals surface area (Å²) in [7, 11) is 2.60. The second-order valence-electron chi connectivity index (χ2n) is 36.6. The second kappa shape index (κ2) is 55.9. The minimum absolute atomic E-state index is 0.000611. The van der Waals surface area contributed by atoms with Crippen molar-refractivity contribution in [1.82, 2.24) is 89.2 Å². The van der Waals surface area contributed by atoms with Crippen LogP contribution in [0.25, 0.3) is 22.0 Å². The maximum Gasteiger partial charge on any atom is 0.305 e. The number of likely N-dealkylation sites (N-methyl/N-ethyl adjacent to an activating group) is 2. The number of aromatic amines is 1. The fourth-order valence-electron chi connectivity index (χ4n) is 15.7. The van der Waals surface area contributed by atoms with Crippen LogP contribution in [-0.2, 0) is 107 Å².